The van der Waals surface area contributed by atoms with Gasteiger partial charge in [0.15, 0.2) is 0 Å². The van der Waals surface area contributed by atoms with E-state index < -0.39 is 0 Å². The van der Waals surface area contributed by atoms with Gasteiger partial charge in [-0.2, -0.15) is 0 Å². The van der Waals surface area contributed by atoms with E-state index in [1.54, 1.807) is 6.92 Å². The topological polar surface area (TPSA) is 29.1 Å². The Morgan fingerprint density at radius 2 is 1.83 bits per heavy atom. The van der Waals surface area contributed by atoms with Gasteiger partial charge in [0.05, 0.1) is 0 Å². The first-order valence-corrected chi connectivity index (χ1v) is 4.83. The van der Waals surface area contributed by atoms with Crippen molar-refractivity contribution in [3.63, 3.8) is 0 Å². The molecule has 2 fully saturated rings. The lowest BCUT2D eigenvalue weighted by Crippen LogP contribution is -2.43. The maximum Gasteiger partial charge on any atom is 0.217 e. The largest absolute Gasteiger partial charge is 0.351 e. The zero-order valence-corrected chi connectivity index (χ0v) is 7.94. The van der Waals surface area contributed by atoms with Crippen LogP contribution in [0.25, 0.3) is 0 Å². The molecule has 0 aromatic carbocycles. The van der Waals surface area contributed by atoms with Crippen LogP contribution in [0.1, 0.15) is 46.0 Å². The van der Waals surface area contributed by atoms with Crippen LogP contribution in [0.4, 0.5) is 0 Å². The molecule has 0 heterocycles. The van der Waals surface area contributed by atoms with Crippen molar-refractivity contribution in [2.45, 2.75) is 51.5 Å². The molecule has 0 aromatic heterocycles. The van der Waals surface area contributed by atoms with Crippen LogP contribution < -0.4 is 5.32 Å². The van der Waals surface area contributed by atoms with E-state index in [1.807, 2.05) is 0 Å². The summed E-state index contributed by atoms with van der Waals surface area (Å²) in [4.78, 5) is 11.0. The highest BCUT2D eigenvalue weighted by Crippen LogP contribution is 2.55. The monoisotopic (exact) mass is 167 g/mol. The van der Waals surface area contributed by atoms with Gasteiger partial charge in [0.25, 0.3) is 0 Å². The van der Waals surface area contributed by atoms with E-state index in [1.165, 1.54) is 32.1 Å². The van der Waals surface area contributed by atoms with Crippen molar-refractivity contribution in [1.82, 2.24) is 5.32 Å². The number of fused-ring (bicyclic) bond motifs is 2. The maximum atomic E-state index is 11.0. The second kappa shape index (κ2) is 2.24. The number of hydrogen-bond donors (Lipinski definition) is 1. The Morgan fingerprint density at radius 3 is 2.17 bits per heavy atom. The molecular formula is C10H17NO. The molecule has 2 heteroatoms. The molecule has 2 bridgehead atoms. The molecule has 2 nitrogen and oxygen atoms in total. The fourth-order valence-corrected chi connectivity index (χ4v) is 3.05. The summed E-state index contributed by atoms with van der Waals surface area (Å²) in [7, 11) is 0. The van der Waals surface area contributed by atoms with Crippen LogP contribution in [-0.4, -0.2) is 11.4 Å². The highest BCUT2D eigenvalue weighted by Gasteiger charge is 2.51. The normalized spacial score (nSPS) is 44.8. The van der Waals surface area contributed by atoms with E-state index in [2.05, 4.69) is 12.2 Å². The van der Waals surface area contributed by atoms with Crippen LogP contribution in [0.3, 0.4) is 0 Å². The number of carbonyl (C=O) groups excluding carboxylic acids is 1. The second-order valence-electron chi connectivity index (χ2n) is 4.95. The van der Waals surface area contributed by atoms with E-state index in [0.29, 0.717) is 5.41 Å². The summed E-state index contributed by atoms with van der Waals surface area (Å²) in [5, 5.41) is 3.13. The Hall–Kier alpha value is -0.530. The van der Waals surface area contributed by atoms with E-state index >= 15 is 0 Å². The van der Waals surface area contributed by atoms with Crippen molar-refractivity contribution in [2.75, 3.05) is 0 Å². The highest BCUT2D eigenvalue weighted by atomic mass is 16.1. The number of amides is 1. The zero-order chi connectivity index (χ0) is 8.82. The van der Waals surface area contributed by atoms with Crippen molar-refractivity contribution in [2.24, 2.45) is 5.41 Å². The third-order valence-electron chi connectivity index (χ3n) is 3.62. The smallest absolute Gasteiger partial charge is 0.217 e. The van der Waals surface area contributed by atoms with Crippen molar-refractivity contribution in [3.8, 4) is 0 Å². The Bertz CT molecular complexity index is 214. The lowest BCUT2D eigenvalue weighted by Gasteiger charge is -2.27. The zero-order valence-electron chi connectivity index (χ0n) is 7.94. The summed E-state index contributed by atoms with van der Waals surface area (Å²) >= 11 is 0. The average Bonchev–Trinajstić information content (AvgIpc) is 2.39. The highest BCUT2D eigenvalue weighted by molar-refractivity contribution is 5.74. The minimum Gasteiger partial charge on any atom is -0.351 e. The number of rotatable bonds is 1. The molecule has 2 aliphatic carbocycles. The van der Waals surface area contributed by atoms with Gasteiger partial charge in [-0.15, -0.1) is 0 Å². The molecule has 1 amide bonds. The quantitative estimate of drug-likeness (QED) is 0.634. The Labute approximate surface area is 73.7 Å². The summed E-state index contributed by atoms with van der Waals surface area (Å²) < 4.78 is 0. The van der Waals surface area contributed by atoms with Crippen LogP contribution >= 0.6 is 0 Å². The maximum absolute atomic E-state index is 11.0. The standard InChI is InChI=1S/C10H17NO/c1-8(12)11-10-5-3-9(2,7-10)4-6-10/h3-7H2,1-2H3,(H,11,12). The van der Waals surface area contributed by atoms with E-state index in [9.17, 15) is 4.79 Å². The molecule has 0 saturated heterocycles. The molecule has 0 unspecified atom stereocenters. The fraction of sp³-hybridized carbons (Fsp3) is 0.900. The first-order valence-electron chi connectivity index (χ1n) is 4.83. The Balaban J connectivity index is 2.10. The van der Waals surface area contributed by atoms with Gasteiger partial charge in [-0.05, 0) is 37.5 Å². The third-order valence-corrected chi connectivity index (χ3v) is 3.62. The molecule has 0 aliphatic heterocycles. The number of hydrogen-bond acceptors (Lipinski definition) is 1. The SMILES string of the molecule is CC(=O)NC12CCC(C)(CC1)C2. The van der Waals surface area contributed by atoms with Gasteiger partial charge in [0, 0.05) is 12.5 Å². The predicted molar refractivity (Wildman–Crippen MR) is 47.7 cm³/mol. The summed E-state index contributed by atoms with van der Waals surface area (Å²) in [6.07, 6.45) is 6.20. The van der Waals surface area contributed by atoms with Gasteiger partial charge in [-0.3, -0.25) is 4.79 Å². The lowest BCUT2D eigenvalue weighted by molar-refractivity contribution is -0.120. The molecule has 68 valence electrons. The molecule has 2 aliphatic rings. The summed E-state index contributed by atoms with van der Waals surface area (Å²) in [5.74, 6) is 0.140. The van der Waals surface area contributed by atoms with Crippen molar-refractivity contribution < 1.29 is 4.79 Å². The molecule has 2 rings (SSSR count). The van der Waals surface area contributed by atoms with Gasteiger partial charge < -0.3 is 5.32 Å². The van der Waals surface area contributed by atoms with Crippen molar-refractivity contribution in [1.29, 1.82) is 0 Å². The van der Waals surface area contributed by atoms with Gasteiger partial charge in [-0.25, -0.2) is 0 Å². The molecule has 0 spiro atoms. The second-order valence-corrected chi connectivity index (χ2v) is 4.95. The van der Waals surface area contributed by atoms with Crippen LogP contribution in [0.5, 0.6) is 0 Å². The first-order chi connectivity index (χ1) is 5.54. The van der Waals surface area contributed by atoms with Gasteiger partial charge in [-0.1, -0.05) is 6.92 Å². The lowest BCUT2D eigenvalue weighted by atomic mass is 9.86. The summed E-state index contributed by atoms with van der Waals surface area (Å²) in [6.45, 7) is 3.98. The van der Waals surface area contributed by atoms with E-state index in [-0.39, 0.29) is 11.4 Å². The van der Waals surface area contributed by atoms with Crippen LogP contribution in [0.15, 0.2) is 0 Å². The van der Waals surface area contributed by atoms with Crippen molar-refractivity contribution >= 4 is 5.91 Å². The first kappa shape index (κ1) is 8.09. The van der Waals surface area contributed by atoms with E-state index in [0.717, 1.165) is 0 Å². The van der Waals surface area contributed by atoms with Gasteiger partial charge >= 0.3 is 0 Å². The van der Waals surface area contributed by atoms with Gasteiger partial charge in [0.1, 0.15) is 0 Å². The van der Waals surface area contributed by atoms with E-state index in [4.69, 9.17) is 0 Å². The number of nitrogens with one attached hydrogen (secondary N) is 1. The summed E-state index contributed by atoms with van der Waals surface area (Å²) in [6, 6.07) is 0. The van der Waals surface area contributed by atoms with Crippen molar-refractivity contribution in [3.05, 3.63) is 0 Å². The average molecular weight is 167 g/mol. The fourth-order valence-electron chi connectivity index (χ4n) is 3.05. The molecular weight excluding hydrogens is 150 g/mol. The minimum absolute atomic E-state index is 0.140. The molecule has 0 radical (unpaired) electrons. The molecule has 2 saturated carbocycles. The Kier molecular flexibility index (Phi) is 1.51. The molecule has 0 atom stereocenters. The molecule has 1 N–H and O–H groups in total. The predicted octanol–water partition coefficient (Wildman–Crippen LogP) is 1.85. The minimum atomic E-state index is 0.140. The molecule has 12 heavy (non-hydrogen) atoms. The molecule has 0 aromatic rings. The number of carbonyl (C=O) groups is 1. The van der Waals surface area contributed by atoms with Crippen LogP contribution in [-0.2, 0) is 4.79 Å². The third kappa shape index (κ3) is 1.13. The Morgan fingerprint density at radius 1 is 1.25 bits per heavy atom. The van der Waals surface area contributed by atoms with Crippen LogP contribution in [0, 0.1) is 5.41 Å². The summed E-state index contributed by atoms with van der Waals surface area (Å²) in [5.41, 5.74) is 0.739. The van der Waals surface area contributed by atoms with Crippen LogP contribution in [0.2, 0.25) is 0 Å². The van der Waals surface area contributed by atoms with Gasteiger partial charge in [0.2, 0.25) is 5.91 Å².